The van der Waals surface area contributed by atoms with E-state index in [4.69, 9.17) is 25.8 Å². The summed E-state index contributed by atoms with van der Waals surface area (Å²) >= 11 is 6.22. The topological polar surface area (TPSA) is 39.7 Å². The molecule has 4 nitrogen and oxygen atoms in total. The smallest absolute Gasteiger partial charge is 0.145 e. The molecule has 0 aromatic heterocycles. The number of hydrogen-bond donors (Lipinski definition) is 1. The van der Waals surface area contributed by atoms with Crippen LogP contribution in [-0.2, 0) is 6.54 Å². The van der Waals surface area contributed by atoms with Gasteiger partial charge in [-0.05, 0) is 24.3 Å². The molecule has 0 spiro atoms. The molecule has 0 aliphatic rings. The summed E-state index contributed by atoms with van der Waals surface area (Å²) in [6.07, 6.45) is 0. The van der Waals surface area contributed by atoms with Gasteiger partial charge in [0, 0.05) is 23.2 Å². The number of nitrogens with one attached hydrogen (secondary N) is 1. The molecule has 0 atom stereocenters. The molecule has 2 aromatic carbocycles. The minimum absolute atomic E-state index is 0.533. The highest BCUT2D eigenvalue weighted by Crippen LogP contribution is 2.31. The number of methoxy groups -OCH3 is 3. The van der Waals surface area contributed by atoms with Crippen LogP contribution in [0.1, 0.15) is 5.56 Å². The molecule has 0 fully saturated rings. The van der Waals surface area contributed by atoms with E-state index >= 15 is 0 Å². The molecule has 0 bridgehead atoms. The Labute approximate surface area is 129 Å². The third-order valence-corrected chi connectivity index (χ3v) is 3.51. The first-order chi connectivity index (χ1) is 10.2. The molecule has 0 saturated heterocycles. The van der Waals surface area contributed by atoms with Gasteiger partial charge < -0.3 is 19.5 Å². The lowest BCUT2D eigenvalue weighted by molar-refractivity contribution is 0.395. The summed E-state index contributed by atoms with van der Waals surface area (Å²) in [7, 11) is 4.87. The average Bonchev–Trinajstić information content (AvgIpc) is 2.53. The van der Waals surface area contributed by atoms with Crippen molar-refractivity contribution in [3.63, 3.8) is 0 Å². The second-order valence-electron chi connectivity index (χ2n) is 4.34. The lowest BCUT2D eigenvalue weighted by Crippen LogP contribution is -2.04. The first-order valence-corrected chi connectivity index (χ1v) is 6.84. The Kier molecular flexibility index (Phi) is 5.17. The molecule has 2 aromatic rings. The monoisotopic (exact) mass is 307 g/mol. The number of halogens is 1. The fourth-order valence-corrected chi connectivity index (χ4v) is 2.26. The van der Waals surface area contributed by atoms with Gasteiger partial charge in [0.15, 0.2) is 0 Å². The number of benzene rings is 2. The normalized spacial score (nSPS) is 10.1. The predicted octanol–water partition coefficient (Wildman–Crippen LogP) is 3.98. The third-order valence-electron chi connectivity index (χ3n) is 3.16. The van der Waals surface area contributed by atoms with Gasteiger partial charge in [-0.1, -0.05) is 17.7 Å². The second kappa shape index (κ2) is 7.09. The molecule has 5 heteroatoms. The minimum atomic E-state index is 0.533. The van der Waals surface area contributed by atoms with Crippen LogP contribution in [0.15, 0.2) is 36.4 Å². The Bertz CT molecular complexity index is 616. The first kappa shape index (κ1) is 15.3. The van der Waals surface area contributed by atoms with Gasteiger partial charge in [0.1, 0.15) is 17.2 Å². The quantitative estimate of drug-likeness (QED) is 0.876. The number of rotatable bonds is 6. The van der Waals surface area contributed by atoms with E-state index in [0.717, 1.165) is 22.7 Å². The molecule has 21 heavy (non-hydrogen) atoms. The predicted molar refractivity (Wildman–Crippen MR) is 84.9 cm³/mol. The molecule has 112 valence electrons. The van der Waals surface area contributed by atoms with Crippen molar-refractivity contribution in [2.75, 3.05) is 26.6 Å². The van der Waals surface area contributed by atoms with E-state index in [1.54, 1.807) is 21.3 Å². The highest BCUT2D eigenvalue weighted by atomic mass is 35.5. The average molecular weight is 308 g/mol. The van der Waals surface area contributed by atoms with E-state index in [0.29, 0.717) is 17.3 Å². The fourth-order valence-electron chi connectivity index (χ4n) is 2.03. The lowest BCUT2D eigenvalue weighted by atomic mass is 10.2. The zero-order valence-electron chi connectivity index (χ0n) is 12.3. The Morgan fingerprint density at radius 1 is 0.952 bits per heavy atom. The van der Waals surface area contributed by atoms with Crippen LogP contribution in [-0.4, -0.2) is 21.3 Å². The standard InChI is InChI=1S/C16H18ClNO3/c1-19-11-7-8-14(16(9-11)21-3)18-10-12-13(17)5-4-6-15(12)20-2/h4-9,18H,10H2,1-3H3. The van der Waals surface area contributed by atoms with Crippen molar-refractivity contribution in [1.29, 1.82) is 0 Å². The van der Waals surface area contributed by atoms with Crippen LogP contribution in [0.25, 0.3) is 0 Å². The summed E-state index contributed by atoms with van der Waals surface area (Å²) < 4.78 is 15.9. The fraction of sp³-hybridized carbons (Fsp3) is 0.250. The highest BCUT2D eigenvalue weighted by molar-refractivity contribution is 6.31. The summed E-state index contributed by atoms with van der Waals surface area (Å²) in [5.41, 5.74) is 1.76. The van der Waals surface area contributed by atoms with Crippen LogP contribution in [0.4, 0.5) is 5.69 Å². The molecular formula is C16H18ClNO3. The number of ether oxygens (including phenoxy) is 3. The number of anilines is 1. The van der Waals surface area contributed by atoms with E-state index in [9.17, 15) is 0 Å². The summed E-state index contributed by atoms with van der Waals surface area (Å²) in [6, 6.07) is 11.2. The molecule has 0 aliphatic heterocycles. The van der Waals surface area contributed by atoms with Gasteiger partial charge in [-0.15, -0.1) is 0 Å². The van der Waals surface area contributed by atoms with E-state index in [1.807, 2.05) is 36.4 Å². The van der Waals surface area contributed by atoms with Gasteiger partial charge in [0.05, 0.1) is 27.0 Å². The van der Waals surface area contributed by atoms with Crippen molar-refractivity contribution >= 4 is 17.3 Å². The molecule has 0 aliphatic carbocycles. The maximum absolute atomic E-state index is 6.22. The molecule has 0 saturated carbocycles. The molecule has 0 heterocycles. The van der Waals surface area contributed by atoms with Gasteiger partial charge >= 0.3 is 0 Å². The van der Waals surface area contributed by atoms with Crippen molar-refractivity contribution in [3.05, 3.63) is 47.0 Å². The van der Waals surface area contributed by atoms with Crippen molar-refractivity contribution < 1.29 is 14.2 Å². The van der Waals surface area contributed by atoms with Gasteiger partial charge in [0.2, 0.25) is 0 Å². The van der Waals surface area contributed by atoms with Crippen molar-refractivity contribution in [3.8, 4) is 17.2 Å². The molecule has 0 radical (unpaired) electrons. The van der Waals surface area contributed by atoms with E-state index < -0.39 is 0 Å². The molecule has 1 N–H and O–H groups in total. The summed E-state index contributed by atoms with van der Waals surface area (Å²) in [5, 5.41) is 3.96. The highest BCUT2D eigenvalue weighted by Gasteiger charge is 2.09. The summed E-state index contributed by atoms with van der Waals surface area (Å²) in [6.45, 7) is 0.533. The van der Waals surface area contributed by atoms with Crippen molar-refractivity contribution in [2.24, 2.45) is 0 Å². The largest absolute Gasteiger partial charge is 0.497 e. The number of hydrogen-bond acceptors (Lipinski definition) is 4. The Morgan fingerprint density at radius 2 is 1.71 bits per heavy atom. The van der Waals surface area contributed by atoms with E-state index in [-0.39, 0.29) is 0 Å². The zero-order chi connectivity index (χ0) is 15.2. The molecular weight excluding hydrogens is 290 g/mol. The van der Waals surface area contributed by atoms with Crippen LogP contribution in [0.3, 0.4) is 0 Å². The minimum Gasteiger partial charge on any atom is -0.497 e. The van der Waals surface area contributed by atoms with Gasteiger partial charge in [-0.25, -0.2) is 0 Å². The molecule has 0 unspecified atom stereocenters. The maximum atomic E-state index is 6.22. The van der Waals surface area contributed by atoms with Crippen molar-refractivity contribution in [2.45, 2.75) is 6.54 Å². The van der Waals surface area contributed by atoms with E-state index in [2.05, 4.69) is 5.32 Å². The first-order valence-electron chi connectivity index (χ1n) is 6.47. The van der Waals surface area contributed by atoms with Crippen LogP contribution < -0.4 is 19.5 Å². The van der Waals surface area contributed by atoms with E-state index in [1.165, 1.54) is 0 Å². The van der Waals surface area contributed by atoms with Crippen LogP contribution in [0, 0.1) is 0 Å². The molecule has 2 rings (SSSR count). The second-order valence-corrected chi connectivity index (χ2v) is 4.75. The van der Waals surface area contributed by atoms with Gasteiger partial charge in [0.25, 0.3) is 0 Å². The Balaban J connectivity index is 2.20. The third kappa shape index (κ3) is 3.52. The summed E-state index contributed by atoms with van der Waals surface area (Å²) in [5.74, 6) is 2.20. The van der Waals surface area contributed by atoms with Crippen LogP contribution in [0.2, 0.25) is 5.02 Å². The summed E-state index contributed by atoms with van der Waals surface area (Å²) in [4.78, 5) is 0. The van der Waals surface area contributed by atoms with Crippen LogP contribution >= 0.6 is 11.6 Å². The zero-order valence-corrected chi connectivity index (χ0v) is 13.0. The molecule has 0 amide bonds. The van der Waals surface area contributed by atoms with Crippen molar-refractivity contribution in [1.82, 2.24) is 0 Å². The van der Waals surface area contributed by atoms with Crippen LogP contribution in [0.5, 0.6) is 17.2 Å². The van der Waals surface area contributed by atoms with Gasteiger partial charge in [-0.3, -0.25) is 0 Å². The Hall–Kier alpha value is -2.07. The lowest BCUT2D eigenvalue weighted by Gasteiger charge is -2.15. The maximum Gasteiger partial charge on any atom is 0.145 e. The SMILES string of the molecule is COc1ccc(NCc2c(Cl)cccc2OC)c(OC)c1. The Morgan fingerprint density at radius 3 is 2.38 bits per heavy atom. The van der Waals surface area contributed by atoms with Gasteiger partial charge in [-0.2, -0.15) is 0 Å².